The predicted octanol–water partition coefficient (Wildman–Crippen LogP) is 1.60. The third-order valence-electron chi connectivity index (χ3n) is 2.64. The summed E-state index contributed by atoms with van der Waals surface area (Å²) in [6.07, 6.45) is -0.583. The number of aromatic nitrogens is 2. The van der Waals surface area contributed by atoms with E-state index in [-0.39, 0.29) is 5.75 Å². The number of imide groups is 1. The maximum atomic E-state index is 11.8. The van der Waals surface area contributed by atoms with E-state index in [0.29, 0.717) is 5.03 Å². The van der Waals surface area contributed by atoms with Crippen molar-refractivity contribution in [3.8, 4) is 0 Å². The van der Waals surface area contributed by atoms with E-state index >= 15 is 0 Å². The molecule has 2 aromatic heterocycles. The third kappa shape index (κ3) is 4.63. The Kier molecular flexibility index (Phi) is 5.88. The lowest BCUT2D eigenvalue weighted by molar-refractivity contribution is -0.152. The summed E-state index contributed by atoms with van der Waals surface area (Å²) in [5.74, 6) is -1.36. The normalized spacial score (nSPS) is 11.7. The van der Waals surface area contributed by atoms with Crippen molar-refractivity contribution in [3.05, 3.63) is 17.8 Å². The van der Waals surface area contributed by atoms with Crippen molar-refractivity contribution in [2.75, 3.05) is 12.9 Å². The van der Waals surface area contributed by atoms with Gasteiger partial charge in [0.15, 0.2) is 6.10 Å². The molecule has 0 saturated carbocycles. The van der Waals surface area contributed by atoms with E-state index in [1.165, 1.54) is 36.3 Å². The van der Waals surface area contributed by atoms with Crippen LogP contribution in [0.25, 0.3) is 10.2 Å². The minimum Gasteiger partial charge on any atom is -0.453 e. The van der Waals surface area contributed by atoms with Gasteiger partial charge in [-0.15, -0.1) is 11.3 Å². The Hall–Kier alpha value is -2.20. The number of nitrogens with zero attached hydrogens (tertiary/aromatic N) is 2. The van der Waals surface area contributed by atoms with Crippen molar-refractivity contribution < 1.29 is 23.9 Å². The van der Waals surface area contributed by atoms with Crippen LogP contribution in [0.2, 0.25) is 0 Å². The molecule has 8 nitrogen and oxygen atoms in total. The molecule has 23 heavy (non-hydrogen) atoms. The van der Waals surface area contributed by atoms with Crippen molar-refractivity contribution in [1.29, 1.82) is 0 Å². The number of carbonyl (C=O) groups is 3. The lowest BCUT2D eigenvalue weighted by atomic mass is 10.4. The predicted molar refractivity (Wildman–Crippen MR) is 84.2 cm³/mol. The zero-order chi connectivity index (χ0) is 16.8. The number of carbonyl (C=O) groups excluding carboxylic acids is 3. The molecule has 0 bridgehead atoms. The van der Waals surface area contributed by atoms with Crippen LogP contribution in [-0.4, -0.2) is 46.9 Å². The van der Waals surface area contributed by atoms with Gasteiger partial charge in [-0.3, -0.25) is 14.9 Å². The SMILES string of the molecule is COC(=O)NC(=O)[C@H](C)OC(=O)CSc1ncnc2sccc12. The molecule has 0 aliphatic rings. The van der Waals surface area contributed by atoms with Gasteiger partial charge in [0.1, 0.15) is 16.2 Å². The van der Waals surface area contributed by atoms with E-state index in [1.807, 2.05) is 16.8 Å². The van der Waals surface area contributed by atoms with Crippen LogP contribution in [0.3, 0.4) is 0 Å². The van der Waals surface area contributed by atoms with Crippen molar-refractivity contribution in [2.24, 2.45) is 0 Å². The summed E-state index contributed by atoms with van der Waals surface area (Å²) in [6, 6.07) is 1.88. The summed E-state index contributed by atoms with van der Waals surface area (Å²) in [6.45, 7) is 1.36. The molecular formula is C13H13N3O5S2. The number of methoxy groups -OCH3 is 1. The average molecular weight is 355 g/mol. The summed E-state index contributed by atoms with van der Waals surface area (Å²) in [5.41, 5.74) is 0. The third-order valence-corrected chi connectivity index (χ3v) is 4.44. The highest BCUT2D eigenvalue weighted by molar-refractivity contribution is 8.00. The highest BCUT2D eigenvalue weighted by Crippen LogP contribution is 2.27. The van der Waals surface area contributed by atoms with Gasteiger partial charge in [-0.05, 0) is 18.4 Å². The largest absolute Gasteiger partial charge is 0.453 e. The fraction of sp³-hybridized carbons (Fsp3) is 0.308. The minimum atomic E-state index is -1.10. The molecule has 122 valence electrons. The molecule has 0 aliphatic heterocycles. The molecule has 0 aromatic carbocycles. The summed E-state index contributed by atoms with van der Waals surface area (Å²) in [7, 11) is 1.13. The van der Waals surface area contributed by atoms with Crippen LogP contribution >= 0.6 is 23.1 Å². The Morgan fingerprint density at radius 3 is 2.91 bits per heavy atom. The van der Waals surface area contributed by atoms with E-state index in [0.717, 1.165) is 17.3 Å². The first-order valence-corrected chi connectivity index (χ1v) is 8.27. The van der Waals surface area contributed by atoms with Crippen molar-refractivity contribution in [2.45, 2.75) is 18.1 Å². The molecule has 2 heterocycles. The summed E-state index contributed by atoms with van der Waals surface area (Å²) >= 11 is 2.67. The van der Waals surface area contributed by atoms with Crippen LogP contribution in [0.15, 0.2) is 22.8 Å². The first kappa shape index (κ1) is 17.2. The van der Waals surface area contributed by atoms with Crippen LogP contribution in [-0.2, 0) is 19.1 Å². The van der Waals surface area contributed by atoms with Crippen molar-refractivity contribution >= 4 is 51.3 Å². The molecular weight excluding hydrogens is 342 g/mol. The maximum Gasteiger partial charge on any atom is 0.413 e. The van der Waals surface area contributed by atoms with Crippen LogP contribution in [0, 0.1) is 0 Å². The molecule has 1 atom stereocenters. The smallest absolute Gasteiger partial charge is 0.413 e. The van der Waals surface area contributed by atoms with Gasteiger partial charge in [0.25, 0.3) is 5.91 Å². The van der Waals surface area contributed by atoms with Gasteiger partial charge in [-0.2, -0.15) is 0 Å². The number of nitrogens with one attached hydrogen (secondary N) is 1. The lowest BCUT2D eigenvalue weighted by Crippen LogP contribution is -2.39. The monoisotopic (exact) mass is 355 g/mol. The summed E-state index contributed by atoms with van der Waals surface area (Å²) in [4.78, 5) is 43.3. The quantitative estimate of drug-likeness (QED) is 0.489. The van der Waals surface area contributed by atoms with E-state index in [1.54, 1.807) is 0 Å². The molecule has 0 saturated heterocycles. The number of alkyl carbamates (subject to hydrolysis) is 1. The fourth-order valence-electron chi connectivity index (χ4n) is 1.55. The van der Waals surface area contributed by atoms with Gasteiger partial charge in [0.2, 0.25) is 0 Å². The molecule has 0 unspecified atom stereocenters. The van der Waals surface area contributed by atoms with Crippen LogP contribution in [0.4, 0.5) is 4.79 Å². The number of ether oxygens (including phenoxy) is 2. The molecule has 1 N–H and O–H groups in total. The Bertz CT molecular complexity index is 733. The first-order valence-electron chi connectivity index (χ1n) is 6.40. The maximum absolute atomic E-state index is 11.8. The number of amides is 2. The zero-order valence-corrected chi connectivity index (χ0v) is 13.9. The van der Waals surface area contributed by atoms with Gasteiger partial charge >= 0.3 is 12.1 Å². The van der Waals surface area contributed by atoms with E-state index < -0.39 is 24.1 Å². The number of thiophene rings is 1. The molecule has 2 rings (SSSR count). The number of esters is 1. The molecule has 0 aliphatic carbocycles. The number of hydrogen-bond donors (Lipinski definition) is 1. The van der Waals surface area contributed by atoms with Gasteiger partial charge < -0.3 is 9.47 Å². The first-order chi connectivity index (χ1) is 11.0. The number of rotatable bonds is 5. The molecule has 10 heteroatoms. The lowest BCUT2D eigenvalue weighted by Gasteiger charge is -2.12. The van der Waals surface area contributed by atoms with Crippen LogP contribution in [0.5, 0.6) is 0 Å². The minimum absolute atomic E-state index is 0.0161. The van der Waals surface area contributed by atoms with Crippen LogP contribution in [0.1, 0.15) is 6.92 Å². The second kappa shape index (κ2) is 7.88. The summed E-state index contributed by atoms with van der Waals surface area (Å²) in [5, 5.41) is 5.35. The second-order valence-electron chi connectivity index (χ2n) is 4.22. The molecule has 0 spiro atoms. The molecule has 2 aromatic rings. The molecule has 0 radical (unpaired) electrons. The summed E-state index contributed by atoms with van der Waals surface area (Å²) < 4.78 is 9.24. The standard InChI is InChI=1S/C13H13N3O5S2/c1-7(10(18)16-13(19)20-2)21-9(17)5-23-12-8-3-4-22-11(8)14-6-15-12/h3-4,6-7H,5H2,1-2H3,(H,16,18,19)/t7-/m0/s1. The molecule has 2 amide bonds. The Morgan fingerprint density at radius 2 is 2.17 bits per heavy atom. The fourth-order valence-corrected chi connectivity index (χ4v) is 3.11. The van der Waals surface area contributed by atoms with Gasteiger partial charge in [0, 0.05) is 5.39 Å². The van der Waals surface area contributed by atoms with Gasteiger partial charge in [-0.1, -0.05) is 11.8 Å². The van der Waals surface area contributed by atoms with E-state index in [2.05, 4.69) is 14.7 Å². The number of thioether (sulfide) groups is 1. The molecule has 0 fully saturated rings. The topological polar surface area (TPSA) is 107 Å². The van der Waals surface area contributed by atoms with E-state index in [4.69, 9.17) is 4.74 Å². The van der Waals surface area contributed by atoms with E-state index in [9.17, 15) is 14.4 Å². The number of fused-ring (bicyclic) bond motifs is 1. The Labute approximate surface area is 139 Å². The Morgan fingerprint density at radius 1 is 1.39 bits per heavy atom. The Balaban J connectivity index is 1.86. The number of hydrogen-bond acceptors (Lipinski definition) is 9. The van der Waals surface area contributed by atoms with Crippen molar-refractivity contribution in [1.82, 2.24) is 15.3 Å². The highest BCUT2D eigenvalue weighted by atomic mass is 32.2. The highest BCUT2D eigenvalue weighted by Gasteiger charge is 2.20. The second-order valence-corrected chi connectivity index (χ2v) is 6.08. The average Bonchev–Trinajstić information content (AvgIpc) is 3.01. The van der Waals surface area contributed by atoms with Gasteiger partial charge in [-0.25, -0.2) is 14.8 Å². The van der Waals surface area contributed by atoms with Crippen LogP contribution < -0.4 is 5.32 Å². The van der Waals surface area contributed by atoms with Crippen molar-refractivity contribution in [3.63, 3.8) is 0 Å². The van der Waals surface area contributed by atoms with Gasteiger partial charge in [0.05, 0.1) is 12.9 Å². The zero-order valence-electron chi connectivity index (χ0n) is 12.3.